The highest BCUT2D eigenvalue weighted by Gasteiger charge is 2.42. The van der Waals surface area contributed by atoms with Crippen LogP contribution in [0.4, 0.5) is 0 Å². The second-order valence-corrected chi connectivity index (χ2v) is 5.67. The molecule has 1 N–H and O–H groups in total. The van der Waals surface area contributed by atoms with Crippen LogP contribution in [-0.2, 0) is 4.79 Å². The quantitative estimate of drug-likeness (QED) is 0.801. The Morgan fingerprint density at radius 3 is 2.24 bits per heavy atom. The smallest absolute Gasteiger partial charge is 0.241 e. The monoisotopic (exact) mass is 240 g/mol. The average molecular weight is 240 g/mol. The lowest BCUT2D eigenvalue weighted by Gasteiger charge is -2.33. The van der Waals surface area contributed by atoms with E-state index < -0.39 is 0 Å². The Balaban J connectivity index is 2.84. The molecule has 1 aliphatic heterocycles. The Morgan fingerprint density at radius 2 is 1.82 bits per heavy atom. The highest BCUT2D eigenvalue weighted by Crippen LogP contribution is 2.25. The van der Waals surface area contributed by atoms with Gasteiger partial charge in [0.15, 0.2) is 0 Å². The molecule has 3 heteroatoms. The van der Waals surface area contributed by atoms with Crippen molar-refractivity contribution in [2.45, 2.75) is 72.6 Å². The van der Waals surface area contributed by atoms with E-state index in [1.54, 1.807) is 0 Å². The summed E-state index contributed by atoms with van der Waals surface area (Å²) in [6.07, 6.45) is 2.25. The SMILES string of the molecule is CCC(C)C1NC(C)N(C(CC)C(C)C)C1=O. The first kappa shape index (κ1) is 14.5. The fourth-order valence-electron chi connectivity index (χ4n) is 2.85. The minimum Gasteiger partial charge on any atom is -0.323 e. The lowest BCUT2D eigenvalue weighted by atomic mass is 9.96. The lowest BCUT2D eigenvalue weighted by Crippen LogP contribution is -2.45. The van der Waals surface area contributed by atoms with E-state index in [1.165, 1.54) is 0 Å². The van der Waals surface area contributed by atoms with E-state index in [2.05, 4.69) is 51.8 Å². The molecule has 0 bridgehead atoms. The van der Waals surface area contributed by atoms with Gasteiger partial charge in [0, 0.05) is 6.04 Å². The molecule has 1 rings (SSSR count). The zero-order valence-electron chi connectivity index (χ0n) is 12.2. The summed E-state index contributed by atoms with van der Waals surface area (Å²) in [5.74, 6) is 1.23. The summed E-state index contributed by atoms with van der Waals surface area (Å²) in [5, 5.41) is 3.45. The van der Waals surface area contributed by atoms with Crippen LogP contribution in [0.1, 0.15) is 54.4 Å². The molecule has 0 aromatic carbocycles. The Bertz CT molecular complexity index is 265. The molecule has 0 saturated carbocycles. The highest BCUT2D eigenvalue weighted by molar-refractivity contribution is 5.84. The molecular formula is C14H28N2O. The first-order chi connectivity index (χ1) is 7.93. The van der Waals surface area contributed by atoms with Crippen molar-refractivity contribution in [1.82, 2.24) is 10.2 Å². The number of nitrogens with zero attached hydrogens (tertiary/aromatic N) is 1. The fraction of sp³-hybridized carbons (Fsp3) is 0.929. The van der Waals surface area contributed by atoms with Gasteiger partial charge in [-0.1, -0.05) is 41.0 Å². The van der Waals surface area contributed by atoms with Crippen LogP contribution in [0.5, 0.6) is 0 Å². The Hall–Kier alpha value is -0.570. The van der Waals surface area contributed by atoms with Gasteiger partial charge in [0.2, 0.25) is 5.91 Å². The average Bonchev–Trinajstić information content (AvgIpc) is 2.56. The summed E-state index contributed by atoms with van der Waals surface area (Å²) >= 11 is 0. The molecule has 1 aliphatic rings. The number of amides is 1. The van der Waals surface area contributed by atoms with Crippen molar-refractivity contribution in [3.63, 3.8) is 0 Å². The Kier molecular flexibility index (Phi) is 4.99. The number of carbonyl (C=O) groups excluding carboxylic acids is 1. The Morgan fingerprint density at radius 1 is 1.24 bits per heavy atom. The third-order valence-corrected chi connectivity index (χ3v) is 4.12. The number of hydrogen-bond acceptors (Lipinski definition) is 2. The molecule has 1 amide bonds. The van der Waals surface area contributed by atoms with Gasteiger partial charge in [0.1, 0.15) is 0 Å². The van der Waals surface area contributed by atoms with Gasteiger partial charge in [-0.25, -0.2) is 0 Å². The van der Waals surface area contributed by atoms with E-state index >= 15 is 0 Å². The van der Waals surface area contributed by atoms with Gasteiger partial charge in [-0.15, -0.1) is 0 Å². The molecule has 3 nitrogen and oxygen atoms in total. The normalized spacial score (nSPS) is 28.9. The third kappa shape index (κ3) is 2.82. The van der Waals surface area contributed by atoms with Gasteiger partial charge < -0.3 is 4.90 Å². The molecule has 100 valence electrons. The van der Waals surface area contributed by atoms with Crippen molar-refractivity contribution in [1.29, 1.82) is 0 Å². The topological polar surface area (TPSA) is 32.3 Å². The van der Waals surface area contributed by atoms with E-state index in [1.807, 2.05) is 0 Å². The predicted octanol–water partition coefficient (Wildman–Crippen LogP) is 2.61. The summed E-state index contributed by atoms with van der Waals surface area (Å²) in [4.78, 5) is 14.6. The minimum absolute atomic E-state index is 0.0165. The van der Waals surface area contributed by atoms with E-state index in [-0.39, 0.29) is 12.2 Å². The van der Waals surface area contributed by atoms with Crippen LogP contribution in [0.15, 0.2) is 0 Å². The Labute approximate surface area is 106 Å². The number of carbonyl (C=O) groups is 1. The molecule has 0 aliphatic carbocycles. The molecule has 1 saturated heterocycles. The van der Waals surface area contributed by atoms with Crippen LogP contribution in [0.3, 0.4) is 0 Å². The summed E-state index contributed by atoms with van der Waals surface area (Å²) < 4.78 is 0. The van der Waals surface area contributed by atoms with Crippen molar-refractivity contribution in [2.75, 3.05) is 0 Å². The summed E-state index contributed by atoms with van der Waals surface area (Å²) in [5.41, 5.74) is 0. The maximum absolute atomic E-state index is 12.5. The van der Waals surface area contributed by atoms with Gasteiger partial charge in [0.05, 0.1) is 12.2 Å². The summed E-state index contributed by atoms with van der Waals surface area (Å²) in [6, 6.07) is 0.377. The molecule has 1 heterocycles. The predicted molar refractivity (Wildman–Crippen MR) is 71.6 cm³/mol. The van der Waals surface area contributed by atoms with Gasteiger partial charge in [-0.2, -0.15) is 0 Å². The largest absolute Gasteiger partial charge is 0.323 e. The summed E-state index contributed by atoms with van der Waals surface area (Å²) in [7, 11) is 0. The second kappa shape index (κ2) is 5.85. The van der Waals surface area contributed by atoms with E-state index in [9.17, 15) is 4.79 Å². The second-order valence-electron chi connectivity index (χ2n) is 5.67. The highest BCUT2D eigenvalue weighted by atomic mass is 16.2. The van der Waals surface area contributed by atoms with Crippen molar-refractivity contribution in [3.05, 3.63) is 0 Å². The van der Waals surface area contributed by atoms with Crippen molar-refractivity contribution < 1.29 is 4.79 Å². The molecule has 0 aromatic heterocycles. The van der Waals surface area contributed by atoms with Gasteiger partial charge in [0.25, 0.3) is 0 Å². The van der Waals surface area contributed by atoms with Crippen molar-refractivity contribution in [3.8, 4) is 0 Å². The molecule has 17 heavy (non-hydrogen) atoms. The lowest BCUT2D eigenvalue weighted by molar-refractivity contribution is -0.133. The van der Waals surface area contributed by atoms with Gasteiger partial charge >= 0.3 is 0 Å². The molecule has 4 atom stereocenters. The standard InChI is InChI=1S/C14H28N2O/c1-7-10(5)13-14(17)16(11(6)15-13)12(8-2)9(3)4/h9-13,15H,7-8H2,1-6H3. The van der Waals surface area contributed by atoms with E-state index in [0.29, 0.717) is 23.8 Å². The fourth-order valence-corrected chi connectivity index (χ4v) is 2.85. The summed E-state index contributed by atoms with van der Waals surface area (Å²) in [6.45, 7) is 13.0. The maximum atomic E-state index is 12.5. The number of hydrogen-bond donors (Lipinski definition) is 1. The van der Waals surface area contributed by atoms with Gasteiger partial charge in [-0.05, 0) is 25.2 Å². The van der Waals surface area contributed by atoms with E-state index in [0.717, 1.165) is 12.8 Å². The van der Waals surface area contributed by atoms with Crippen LogP contribution in [0.2, 0.25) is 0 Å². The van der Waals surface area contributed by atoms with E-state index in [4.69, 9.17) is 0 Å². The first-order valence-corrected chi connectivity index (χ1v) is 7.02. The molecule has 0 spiro atoms. The molecule has 4 unspecified atom stereocenters. The molecule has 0 aromatic rings. The van der Waals surface area contributed by atoms with Crippen LogP contribution < -0.4 is 5.32 Å². The van der Waals surface area contributed by atoms with Crippen LogP contribution in [0.25, 0.3) is 0 Å². The molecular weight excluding hydrogens is 212 g/mol. The molecule has 0 radical (unpaired) electrons. The van der Waals surface area contributed by atoms with Crippen LogP contribution in [0, 0.1) is 11.8 Å². The van der Waals surface area contributed by atoms with Gasteiger partial charge in [-0.3, -0.25) is 10.1 Å². The van der Waals surface area contributed by atoms with Crippen molar-refractivity contribution in [2.24, 2.45) is 11.8 Å². The third-order valence-electron chi connectivity index (χ3n) is 4.12. The molecule has 1 fully saturated rings. The number of rotatable bonds is 5. The maximum Gasteiger partial charge on any atom is 0.241 e. The van der Waals surface area contributed by atoms with Crippen molar-refractivity contribution >= 4 is 5.91 Å². The zero-order chi connectivity index (χ0) is 13.2. The van der Waals surface area contributed by atoms with Crippen LogP contribution in [-0.4, -0.2) is 29.1 Å². The van der Waals surface area contributed by atoms with Crippen LogP contribution >= 0.6 is 0 Å². The first-order valence-electron chi connectivity index (χ1n) is 7.02. The minimum atomic E-state index is 0.0165. The number of nitrogens with one attached hydrogen (secondary N) is 1. The zero-order valence-corrected chi connectivity index (χ0v) is 12.2.